The summed E-state index contributed by atoms with van der Waals surface area (Å²) in [4.78, 5) is 57.2. The maximum Gasteiger partial charge on any atom is 0.411 e. The SMILES string of the molecule is CN1Cc2cc(ccc2S(=O)(=O)C2CC2)NC(=O)OC[C@H](NC(=O)OCc2ccccc2)c2ccc(cc2)C(Nc2ccc3cc[nH]c(=O)c3c2)C1=O. The molecule has 5 aromatic rings. The first kappa shape index (κ1) is 35.3. The third-order valence-corrected chi connectivity index (χ3v) is 11.6. The largest absolute Gasteiger partial charge is 0.447 e. The van der Waals surface area contributed by atoms with E-state index in [1.54, 1.807) is 61.8 Å². The zero-order chi connectivity index (χ0) is 37.1. The number of hydrogen-bond donors (Lipinski definition) is 4. The summed E-state index contributed by atoms with van der Waals surface area (Å²) in [6.07, 6.45) is 1.10. The molecule has 4 bridgehead atoms. The predicted octanol–water partition coefficient (Wildman–Crippen LogP) is 5.81. The van der Waals surface area contributed by atoms with E-state index in [0.717, 1.165) is 10.9 Å². The van der Waals surface area contributed by atoms with Gasteiger partial charge in [0.1, 0.15) is 19.3 Å². The number of aromatic amines is 1. The number of nitrogens with zero attached hydrogens (tertiary/aromatic N) is 1. The van der Waals surface area contributed by atoms with E-state index in [0.29, 0.717) is 40.6 Å². The molecule has 272 valence electrons. The number of nitrogens with one attached hydrogen (secondary N) is 4. The molecule has 14 heteroatoms. The number of benzene rings is 4. The maximum absolute atomic E-state index is 14.4. The minimum absolute atomic E-state index is 0.0259. The van der Waals surface area contributed by atoms with Crippen LogP contribution >= 0.6 is 0 Å². The summed E-state index contributed by atoms with van der Waals surface area (Å²) in [6.45, 7) is -0.338. The van der Waals surface area contributed by atoms with Gasteiger partial charge in [-0.3, -0.25) is 14.9 Å². The molecule has 3 heterocycles. The average Bonchev–Trinajstić information content (AvgIpc) is 4.02. The highest BCUT2D eigenvalue weighted by Crippen LogP contribution is 2.36. The van der Waals surface area contributed by atoms with Gasteiger partial charge in [-0.25, -0.2) is 18.0 Å². The summed E-state index contributed by atoms with van der Waals surface area (Å²) in [5.74, 6) is -0.390. The van der Waals surface area contributed by atoms with Gasteiger partial charge in [0.05, 0.1) is 16.2 Å². The highest BCUT2D eigenvalue weighted by atomic mass is 32.2. The number of pyridine rings is 1. The molecule has 1 saturated carbocycles. The highest BCUT2D eigenvalue weighted by Gasteiger charge is 2.38. The summed E-state index contributed by atoms with van der Waals surface area (Å²) in [7, 11) is -2.11. The number of hydrogen-bond acceptors (Lipinski definition) is 9. The number of fused-ring (bicyclic) bond motifs is 10. The Bertz CT molecular complexity index is 2340. The van der Waals surface area contributed by atoms with Crippen LogP contribution in [0.25, 0.3) is 10.8 Å². The van der Waals surface area contributed by atoms with Crippen molar-refractivity contribution in [2.24, 2.45) is 0 Å². The van der Waals surface area contributed by atoms with Crippen molar-refractivity contribution in [3.8, 4) is 0 Å². The number of rotatable bonds is 7. The molecule has 0 radical (unpaired) electrons. The molecule has 53 heavy (non-hydrogen) atoms. The van der Waals surface area contributed by atoms with Gasteiger partial charge in [0.15, 0.2) is 9.84 Å². The van der Waals surface area contributed by atoms with Crippen molar-refractivity contribution in [2.45, 2.75) is 48.2 Å². The Morgan fingerprint density at radius 3 is 2.43 bits per heavy atom. The van der Waals surface area contributed by atoms with E-state index in [4.69, 9.17) is 9.47 Å². The van der Waals surface area contributed by atoms with Gasteiger partial charge in [-0.05, 0) is 76.9 Å². The van der Waals surface area contributed by atoms with Gasteiger partial charge in [0, 0.05) is 36.6 Å². The Kier molecular flexibility index (Phi) is 9.87. The molecule has 3 amide bonds. The van der Waals surface area contributed by atoms with Gasteiger partial charge in [0.25, 0.3) is 5.56 Å². The van der Waals surface area contributed by atoms with E-state index in [1.165, 1.54) is 23.1 Å². The molecule has 4 N–H and O–H groups in total. The first-order valence-electron chi connectivity index (χ1n) is 17.1. The number of H-pyrrole nitrogens is 1. The second kappa shape index (κ2) is 14.8. The first-order valence-corrected chi connectivity index (χ1v) is 18.6. The Morgan fingerprint density at radius 1 is 0.925 bits per heavy atom. The maximum atomic E-state index is 14.4. The first-order chi connectivity index (χ1) is 25.5. The third-order valence-electron chi connectivity index (χ3n) is 9.25. The molecule has 2 atom stereocenters. The molecule has 1 aromatic heterocycles. The molecule has 3 aliphatic rings. The lowest BCUT2D eigenvalue weighted by molar-refractivity contribution is -0.131. The van der Waals surface area contributed by atoms with Crippen molar-refractivity contribution in [1.29, 1.82) is 0 Å². The van der Waals surface area contributed by atoms with Crippen LogP contribution in [0.2, 0.25) is 0 Å². The summed E-state index contributed by atoms with van der Waals surface area (Å²) >= 11 is 0. The molecule has 0 spiro atoms. The molecule has 13 nitrogen and oxygen atoms in total. The van der Waals surface area contributed by atoms with Crippen LogP contribution in [0.15, 0.2) is 113 Å². The monoisotopic (exact) mass is 735 g/mol. The molecule has 1 aliphatic carbocycles. The fourth-order valence-electron chi connectivity index (χ4n) is 6.26. The smallest absolute Gasteiger partial charge is 0.411 e. The Labute approximate surface area is 305 Å². The number of carbonyl (C=O) groups is 3. The summed E-state index contributed by atoms with van der Waals surface area (Å²) in [6, 6.07) is 25.6. The number of aromatic nitrogens is 1. The van der Waals surface area contributed by atoms with Crippen LogP contribution in [0, 0.1) is 0 Å². The van der Waals surface area contributed by atoms with Gasteiger partial charge in [-0.15, -0.1) is 0 Å². The van der Waals surface area contributed by atoms with Gasteiger partial charge in [-0.2, -0.15) is 0 Å². The fourth-order valence-corrected chi connectivity index (χ4v) is 8.12. The van der Waals surface area contributed by atoms with Crippen LogP contribution in [0.3, 0.4) is 0 Å². The van der Waals surface area contributed by atoms with Gasteiger partial charge in [0.2, 0.25) is 5.91 Å². The summed E-state index contributed by atoms with van der Waals surface area (Å²) in [5.41, 5.74) is 2.72. The van der Waals surface area contributed by atoms with Crippen LogP contribution in [0.5, 0.6) is 0 Å². The van der Waals surface area contributed by atoms with Crippen LogP contribution in [0.4, 0.5) is 21.0 Å². The number of likely N-dealkylation sites (N-methyl/N-ethyl adjacent to an activating group) is 1. The third kappa shape index (κ3) is 8.02. The second-order valence-corrected chi connectivity index (χ2v) is 15.3. The highest BCUT2D eigenvalue weighted by molar-refractivity contribution is 7.92. The summed E-state index contributed by atoms with van der Waals surface area (Å²) in [5, 5.41) is 9.36. The standard InChI is InChI=1S/C39H37N5O8S/c1-44-21-28-19-29(13-16-34(28)53(49,50)31-14-15-31)42-38(47)52-23-33(43-39(48)51-22-24-5-3-2-4-6-24)26-7-9-27(10-8-26)35(37(44)46)41-30-12-11-25-17-18-40-36(45)32(25)20-30/h2-13,16-20,31,33,35,41H,14-15,21-23H2,1H3,(H,40,45)(H,42,47)(H,43,48)/t33-,35?/m0/s1. The van der Waals surface area contributed by atoms with Crippen LogP contribution in [-0.4, -0.2) is 55.3 Å². The zero-order valence-electron chi connectivity index (χ0n) is 28.7. The molecule has 1 unspecified atom stereocenters. The minimum Gasteiger partial charge on any atom is -0.447 e. The molecular formula is C39H37N5O8S. The van der Waals surface area contributed by atoms with Crippen molar-refractivity contribution < 1.29 is 32.3 Å². The van der Waals surface area contributed by atoms with Crippen molar-refractivity contribution in [3.63, 3.8) is 0 Å². The molecular weight excluding hydrogens is 699 g/mol. The number of amides is 3. The molecule has 2 aliphatic heterocycles. The van der Waals surface area contributed by atoms with Crippen molar-refractivity contribution in [2.75, 3.05) is 24.3 Å². The molecule has 0 saturated heterocycles. The van der Waals surface area contributed by atoms with E-state index in [9.17, 15) is 27.6 Å². The Balaban J connectivity index is 1.24. The second-order valence-electron chi connectivity index (χ2n) is 13.1. The van der Waals surface area contributed by atoms with Gasteiger partial charge in [-0.1, -0.05) is 60.7 Å². The normalized spacial score (nSPS) is 17.9. The predicted molar refractivity (Wildman–Crippen MR) is 198 cm³/mol. The lowest BCUT2D eigenvalue weighted by atomic mass is 9.99. The Morgan fingerprint density at radius 2 is 1.68 bits per heavy atom. The van der Waals surface area contributed by atoms with E-state index in [2.05, 4.69) is 20.9 Å². The lowest BCUT2D eigenvalue weighted by Gasteiger charge is -2.27. The number of alkyl carbamates (subject to hydrolysis) is 1. The van der Waals surface area contributed by atoms with E-state index in [-0.39, 0.29) is 35.9 Å². The van der Waals surface area contributed by atoms with E-state index >= 15 is 0 Å². The van der Waals surface area contributed by atoms with Gasteiger partial charge >= 0.3 is 12.2 Å². The average molecular weight is 736 g/mol. The van der Waals surface area contributed by atoms with Crippen LogP contribution in [-0.2, 0) is 37.3 Å². The van der Waals surface area contributed by atoms with Crippen LogP contribution in [0.1, 0.15) is 47.2 Å². The minimum atomic E-state index is -3.68. The fraction of sp³-hybridized carbons (Fsp3) is 0.231. The summed E-state index contributed by atoms with van der Waals surface area (Å²) < 4.78 is 38.0. The Hall–Kier alpha value is -6.15. The van der Waals surface area contributed by atoms with Gasteiger partial charge < -0.3 is 30.0 Å². The molecule has 1 fully saturated rings. The molecule has 8 rings (SSSR count). The number of ether oxygens (including phenoxy) is 2. The number of carbonyl (C=O) groups excluding carboxylic acids is 3. The van der Waals surface area contributed by atoms with Crippen molar-refractivity contribution in [3.05, 3.63) is 136 Å². The van der Waals surface area contributed by atoms with Crippen molar-refractivity contribution in [1.82, 2.24) is 15.2 Å². The number of anilines is 2. The van der Waals surface area contributed by atoms with E-state index < -0.39 is 45.3 Å². The van der Waals surface area contributed by atoms with Crippen molar-refractivity contribution >= 4 is 50.1 Å². The molecule has 4 aromatic carbocycles. The zero-order valence-corrected chi connectivity index (χ0v) is 29.5. The quantitative estimate of drug-likeness (QED) is 0.161. The topological polar surface area (TPSA) is 176 Å². The van der Waals surface area contributed by atoms with E-state index in [1.807, 2.05) is 30.3 Å². The lowest BCUT2D eigenvalue weighted by Crippen LogP contribution is -2.36. The van der Waals surface area contributed by atoms with Crippen LogP contribution < -0.4 is 21.5 Å². The number of sulfone groups is 1.